The maximum atomic E-state index is 5.37. The van der Waals surface area contributed by atoms with Gasteiger partial charge in [0.2, 0.25) is 0 Å². The molecule has 0 saturated carbocycles. The van der Waals surface area contributed by atoms with Gasteiger partial charge in [-0.1, -0.05) is 19.2 Å². The van der Waals surface area contributed by atoms with Crippen molar-refractivity contribution in [1.82, 2.24) is 9.97 Å². The number of nitrogens with zero attached hydrogens (tertiary/aromatic N) is 2. The molecule has 1 heterocycles. The zero-order valence-corrected chi connectivity index (χ0v) is 9.39. The second-order valence-electron chi connectivity index (χ2n) is 3.34. The number of rotatable bonds is 4. The number of nitrogens with two attached hydrogens (primary N) is 1. The van der Waals surface area contributed by atoms with E-state index in [0.29, 0.717) is 22.7 Å². The smallest absolute Gasteiger partial charge is 0.149 e. The average Bonchev–Trinajstić information content (AvgIpc) is 2.38. The molecule has 2 N–H and O–H groups in total. The van der Waals surface area contributed by atoms with E-state index in [1.165, 1.54) is 0 Å². The van der Waals surface area contributed by atoms with E-state index in [1.807, 2.05) is 18.2 Å². The van der Waals surface area contributed by atoms with Gasteiger partial charge >= 0.3 is 0 Å². The molecule has 4 nitrogen and oxygen atoms in total. The third-order valence-corrected chi connectivity index (χ3v) is 2.34. The summed E-state index contributed by atoms with van der Waals surface area (Å²) >= 11 is 0. The van der Waals surface area contributed by atoms with Crippen molar-refractivity contribution in [2.24, 2.45) is 5.73 Å². The Morgan fingerprint density at radius 3 is 2.53 bits per heavy atom. The minimum atomic E-state index is 0.105. The largest absolute Gasteiger partial charge is 0.476 e. The topological polar surface area (TPSA) is 61.0 Å². The highest BCUT2D eigenvalue weighted by atomic mass is 16.5. The van der Waals surface area contributed by atoms with Crippen molar-refractivity contribution in [3.8, 4) is 5.75 Å². The van der Waals surface area contributed by atoms with Crippen LogP contribution in [-0.2, 0) is 0 Å². The molecule has 0 saturated heterocycles. The fourth-order valence-corrected chi connectivity index (χ4v) is 1.58. The van der Waals surface area contributed by atoms with E-state index < -0.39 is 0 Å². The molecule has 17 heavy (non-hydrogen) atoms. The molecule has 0 aliphatic carbocycles. The summed E-state index contributed by atoms with van der Waals surface area (Å²) in [7, 11) is 0. The molecule has 0 radical (unpaired) electrons. The number of hydrogen-bond acceptors (Lipinski definition) is 4. The van der Waals surface area contributed by atoms with E-state index in [2.05, 4.69) is 23.1 Å². The Morgan fingerprint density at radius 2 is 1.88 bits per heavy atom. The van der Waals surface area contributed by atoms with E-state index >= 15 is 0 Å². The van der Waals surface area contributed by atoms with Crippen LogP contribution in [0, 0.1) is 0 Å². The second kappa shape index (κ2) is 4.76. The van der Waals surface area contributed by atoms with E-state index in [9.17, 15) is 0 Å². The van der Waals surface area contributed by atoms with Crippen LogP contribution in [0.1, 0.15) is 11.4 Å². The van der Waals surface area contributed by atoms with Gasteiger partial charge in [0.1, 0.15) is 18.0 Å². The van der Waals surface area contributed by atoms with Gasteiger partial charge in [0.25, 0.3) is 0 Å². The molecular weight excluding hydrogens is 214 g/mol. The van der Waals surface area contributed by atoms with Crippen LogP contribution in [-0.4, -0.2) is 16.7 Å². The molecule has 86 valence electrons. The second-order valence-corrected chi connectivity index (χ2v) is 3.34. The molecule has 0 aliphatic rings. The third-order valence-electron chi connectivity index (χ3n) is 2.34. The number of fused-ring (bicyclic) bond motifs is 1. The van der Waals surface area contributed by atoms with Gasteiger partial charge in [0.15, 0.2) is 0 Å². The van der Waals surface area contributed by atoms with Crippen LogP contribution in [0.25, 0.3) is 23.2 Å². The van der Waals surface area contributed by atoms with Crippen molar-refractivity contribution in [2.45, 2.75) is 0 Å². The number of para-hydroxylation sites is 1. The van der Waals surface area contributed by atoms with E-state index in [4.69, 9.17) is 10.5 Å². The van der Waals surface area contributed by atoms with Crippen LogP contribution in [0.4, 0.5) is 0 Å². The van der Waals surface area contributed by atoms with E-state index in [0.717, 1.165) is 5.52 Å². The van der Waals surface area contributed by atoms with Gasteiger partial charge in [0, 0.05) is 0 Å². The van der Waals surface area contributed by atoms with Gasteiger partial charge < -0.3 is 4.74 Å². The van der Waals surface area contributed by atoms with Crippen LogP contribution in [0.3, 0.4) is 0 Å². The molecule has 1 aromatic heterocycles. The van der Waals surface area contributed by atoms with Gasteiger partial charge in [-0.2, -0.15) is 0 Å². The predicted octanol–water partition coefficient (Wildman–Crippen LogP) is 2.21. The number of benzene rings is 1. The van der Waals surface area contributed by atoms with Gasteiger partial charge in [-0.05, 0) is 24.3 Å². The van der Waals surface area contributed by atoms with E-state index in [1.54, 1.807) is 12.2 Å². The fraction of sp³-hybridized carbons (Fsp3) is 0.0769. The molecule has 2 aromatic rings. The first-order valence-corrected chi connectivity index (χ1v) is 5.18. The first kappa shape index (κ1) is 11.3. The summed E-state index contributed by atoms with van der Waals surface area (Å²) in [5.74, 6) is 0.621. The SMILES string of the molecule is C=Cc1nc2cccc(OCN)c2nc1C=C. The number of ether oxygens (including phenoxy) is 1. The molecule has 0 aliphatic heterocycles. The lowest BCUT2D eigenvalue weighted by Gasteiger charge is -2.08. The standard InChI is InChI=1S/C13H13N3O/c1-3-9-10(4-2)16-13-11(15-9)6-5-7-12(13)17-8-14/h3-7H,1-2,8,14H2. The minimum Gasteiger partial charge on any atom is -0.476 e. The van der Waals surface area contributed by atoms with Crippen LogP contribution in [0.5, 0.6) is 5.75 Å². The zero-order valence-electron chi connectivity index (χ0n) is 9.39. The van der Waals surface area contributed by atoms with Crippen molar-refractivity contribution in [3.63, 3.8) is 0 Å². The Bertz CT molecular complexity index is 578. The molecule has 0 fully saturated rings. The predicted molar refractivity (Wildman–Crippen MR) is 69.4 cm³/mol. The Hall–Kier alpha value is -2.20. The van der Waals surface area contributed by atoms with Gasteiger partial charge in [0.05, 0.1) is 16.9 Å². The summed E-state index contributed by atoms with van der Waals surface area (Å²) in [5, 5.41) is 0. The molecule has 2 rings (SSSR count). The molecule has 4 heteroatoms. The maximum absolute atomic E-state index is 5.37. The highest BCUT2D eigenvalue weighted by Crippen LogP contribution is 2.24. The zero-order chi connectivity index (χ0) is 12.3. The Morgan fingerprint density at radius 1 is 1.18 bits per heavy atom. The van der Waals surface area contributed by atoms with Crippen molar-refractivity contribution >= 4 is 23.2 Å². The Kier molecular flexibility index (Phi) is 3.16. The van der Waals surface area contributed by atoms with E-state index in [-0.39, 0.29) is 6.73 Å². The third kappa shape index (κ3) is 2.03. The highest BCUT2D eigenvalue weighted by Gasteiger charge is 2.08. The lowest BCUT2D eigenvalue weighted by atomic mass is 10.2. The quantitative estimate of drug-likeness (QED) is 0.813. The average molecular weight is 227 g/mol. The summed E-state index contributed by atoms with van der Waals surface area (Å²) < 4.78 is 5.31. The van der Waals surface area contributed by atoms with Gasteiger partial charge in [-0.15, -0.1) is 0 Å². The minimum absolute atomic E-state index is 0.105. The fourth-order valence-electron chi connectivity index (χ4n) is 1.58. The molecule has 1 aromatic carbocycles. The van der Waals surface area contributed by atoms with Gasteiger partial charge in [-0.3, -0.25) is 5.73 Å². The van der Waals surface area contributed by atoms with Crippen molar-refractivity contribution in [2.75, 3.05) is 6.73 Å². The molecular formula is C13H13N3O. The highest BCUT2D eigenvalue weighted by molar-refractivity contribution is 5.83. The maximum Gasteiger partial charge on any atom is 0.149 e. The van der Waals surface area contributed by atoms with Crippen LogP contribution >= 0.6 is 0 Å². The molecule has 0 amide bonds. The summed E-state index contributed by atoms with van der Waals surface area (Å²) in [6.07, 6.45) is 3.29. The Balaban J connectivity index is 2.73. The van der Waals surface area contributed by atoms with Crippen LogP contribution in [0.2, 0.25) is 0 Å². The van der Waals surface area contributed by atoms with Gasteiger partial charge in [-0.25, -0.2) is 9.97 Å². The summed E-state index contributed by atoms with van der Waals surface area (Å²) in [5.41, 5.74) is 8.18. The molecule has 0 spiro atoms. The monoisotopic (exact) mass is 227 g/mol. The number of aromatic nitrogens is 2. The Labute approximate surface area is 99.5 Å². The van der Waals surface area contributed by atoms with Crippen LogP contribution in [0.15, 0.2) is 31.4 Å². The number of hydrogen-bond donors (Lipinski definition) is 1. The molecule has 0 atom stereocenters. The lowest BCUT2D eigenvalue weighted by Crippen LogP contribution is -2.08. The van der Waals surface area contributed by atoms with Crippen molar-refractivity contribution < 1.29 is 4.74 Å². The molecule has 0 unspecified atom stereocenters. The summed E-state index contributed by atoms with van der Waals surface area (Å²) in [6.45, 7) is 7.51. The first-order valence-electron chi connectivity index (χ1n) is 5.18. The van der Waals surface area contributed by atoms with Crippen LogP contribution < -0.4 is 10.5 Å². The normalized spacial score (nSPS) is 10.2. The summed E-state index contributed by atoms with van der Waals surface area (Å²) in [4.78, 5) is 8.89. The van der Waals surface area contributed by atoms with Crippen molar-refractivity contribution in [3.05, 3.63) is 42.7 Å². The summed E-state index contributed by atoms with van der Waals surface area (Å²) in [6, 6.07) is 5.53. The lowest BCUT2D eigenvalue weighted by molar-refractivity contribution is 0.333. The molecule has 0 bridgehead atoms. The first-order chi connectivity index (χ1) is 8.30. The van der Waals surface area contributed by atoms with Crippen molar-refractivity contribution in [1.29, 1.82) is 0 Å².